The molecule has 3 unspecified atom stereocenters. The Labute approximate surface area is 170 Å². The van der Waals surface area contributed by atoms with Crippen LogP contribution in [0.4, 0.5) is 5.69 Å². The average Bonchev–Trinajstić information content (AvgIpc) is 3.12. The van der Waals surface area contributed by atoms with Crippen LogP contribution in [0.5, 0.6) is 0 Å². The lowest BCUT2D eigenvalue weighted by Crippen LogP contribution is -2.54. The number of rotatable bonds is 5. The maximum Gasteiger partial charge on any atom is 0.193 e. The average molecular weight is 391 g/mol. The van der Waals surface area contributed by atoms with Crippen molar-refractivity contribution in [2.45, 2.75) is 11.4 Å². The Morgan fingerprint density at radius 1 is 1.11 bits per heavy atom. The number of ketones is 1. The molecule has 0 amide bonds. The van der Waals surface area contributed by atoms with Crippen LogP contribution in [-0.2, 0) is 0 Å². The number of likely N-dealkylation sites (N-methyl/N-ethyl adjacent to an activating group) is 1. The van der Waals surface area contributed by atoms with E-state index in [1.807, 2.05) is 72.6 Å². The van der Waals surface area contributed by atoms with E-state index in [1.54, 1.807) is 6.20 Å². The van der Waals surface area contributed by atoms with E-state index in [0.29, 0.717) is 22.2 Å². The fourth-order valence-corrected chi connectivity index (χ4v) is 5.75. The molecule has 1 saturated heterocycles. The highest BCUT2D eigenvalue weighted by Gasteiger charge is 2.49. The summed E-state index contributed by atoms with van der Waals surface area (Å²) in [5.74, 6) is 1.02. The van der Waals surface area contributed by atoms with Gasteiger partial charge in [-0.2, -0.15) is 0 Å². The summed E-state index contributed by atoms with van der Waals surface area (Å²) in [6.45, 7) is 0.594. The molecule has 3 atom stereocenters. The van der Waals surface area contributed by atoms with Crippen molar-refractivity contribution in [3.63, 3.8) is 0 Å². The zero-order valence-electron chi connectivity index (χ0n) is 15.9. The number of nitrogens with zero attached hydrogens (tertiary/aromatic N) is 2. The van der Waals surface area contributed by atoms with Gasteiger partial charge < -0.3 is 5.73 Å². The molecule has 28 heavy (non-hydrogen) atoms. The molecule has 2 N–H and O–H groups in total. The number of thioether (sulfide) groups is 1. The second kappa shape index (κ2) is 7.87. The van der Waals surface area contributed by atoms with Crippen LogP contribution in [0.3, 0.4) is 0 Å². The quantitative estimate of drug-likeness (QED) is 0.528. The fraction of sp³-hybridized carbons (Fsp3) is 0.217. The van der Waals surface area contributed by atoms with Crippen LogP contribution in [0.25, 0.3) is 0 Å². The monoisotopic (exact) mass is 390 g/mol. The third-order valence-electron chi connectivity index (χ3n) is 5.63. The molecule has 0 bridgehead atoms. The fourth-order valence-electron chi connectivity index (χ4n) is 3.97. The number of hydrogen-bond donors (Lipinski definition) is 1. The van der Waals surface area contributed by atoms with Crippen molar-refractivity contribution in [2.75, 3.05) is 19.3 Å². The summed E-state index contributed by atoms with van der Waals surface area (Å²) in [5.41, 5.74) is 9.87. The molecule has 1 aliphatic rings. The molecule has 2 aromatic carbocycles. The topological polar surface area (TPSA) is 56.0 Å². The van der Waals surface area contributed by atoms with Crippen LogP contribution in [-0.4, -0.2) is 36.2 Å². The zero-order valence-corrected chi connectivity index (χ0v) is 16.7. The minimum absolute atomic E-state index is 0.0446. The highest BCUT2D eigenvalue weighted by Crippen LogP contribution is 2.49. The largest absolute Gasteiger partial charge is 0.325 e. The Hall–Kier alpha value is -2.47. The number of carbonyl (C=O) groups is 1. The van der Waals surface area contributed by atoms with Gasteiger partial charge in [-0.15, -0.1) is 0 Å². The van der Waals surface area contributed by atoms with Gasteiger partial charge in [0.25, 0.3) is 0 Å². The minimum atomic E-state index is 0.0446. The molecule has 1 aliphatic heterocycles. The summed E-state index contributed by atoms with van der Waals surface area (Å²) in [5, 5.41) is 0.198. The van der Waals surface area contributed by atoms with Crippen molar-refractivity contribution in [1.82, 2.24) is 9.47 Å². The number of benzene rings is 2. The molecule has 3 aromatic rings. The number of quaternary nitrogens is 1. The van der Waals surface area contributed by atoms with E-state index in [2.05, 4.69) is 24.2 Å². The maximum absolute atomic E-state index is 13.0. The predicted octanol–water partition coefficient (Wildman–Crippen LogP) is 4.02. The van der Waals surface area contributed by atoms with E-state index in [0.717, 1.165) is 11.4 Å². The summed E-state index contributed by atoms with van der Waals surface area (Å²) in [6, 6.07) is 21.8. The van der Waals surface area contributed by atoms with Crippen molar-refractivity contribution in [1.29, 1.82) is 0 Å². The molecule has 4 nitrogen and oxygen atoms in total. The number of carbonyl (C=O) groups excluding carboxylic acids is 1. The molecule has 0 spiro atoms. The Balaban J connectivity index is 1.76. The Morgan fingerprint density at radius 3 is 2.61 bits per heavy atom. The summed E-state index contributed by atoms with van der Waals surface area (Å²) in [4.78, 5) is 17.3. The van der Waals surface area contributed by atoms with E-state index in [-0.39, 0.29) is 17.2 Å². The van der Waals surface area contributed by atoms with Gasteiger partial charge in [0.1, 0.15) is 11.7 Å². The maximum atomic E-state index is 13.0. The lowest BCUT2D eigenvalue weighted by Gasteiger charge is -2.39. The summed E-state index contributed by atoms with van der Waals surface area (Å²) in [7, 11) is 2.22. The van der Waals surface area contributed by atoms with Crippen molar-refractivity contribution < 1.29 is 4.79 Å². The second-order valence-corrected chi connectivity index (χ2v) is 8.37. The highest BCUT2D eigenvalue weighted by atomic mass is 32.2. The van der Waals surface area contributed by atoms with Gasteiger partial charge in [-0.1, -0.05) is 54.2 Å². The number of pyridine rings is 1. The molecule has 0 saturated carbocycles. The van der Waals surface area contributed by atoms with Crippen molar-refractivity contribution >= 4 is 23.2 Å². The third kappa shape index (κ3) is 3.26. The third-order valence-corrected chi connectivity index (χ3v) is 7.24. The molecular formula is C23H24N3OS+. The van der Waals surface area contributed by atoms with Crippen LogP contribution in [0, 0.1) is 0 Å². The summed E-state index contributed by atoms with van der Waals surface area (Å²) >= 11 is 1.91. The standard InChI is InChI=1S/C23H24N3OS/c1-26(21(14-24)16-28-23(26)19-10-6-12-25-15-19)20-11-5-9-18(13-20)22(27)17-7-3-2-4-8-17/h2-13,15,21,23H,14,16,24H2,1H3/q+1. The van der Waals surface area contributed by atoms with Crippen molar-refractivity contribution in [3.05, 3.63) is 95.8 Å². The molecule has 5 heteroatoms. The minimum Gasteiger partial charge on any atom is -0.325 e. The summed E-state index contributed by atoms with van der Waals surface area (Å²) in [6.07, 6.45) is 3.74. The van der Waals surface area contributed by atoms with Gasteiger partial charge in [0.15, 0.2) is 11.2 Å². The van der Waals surface area contributed by atoms with Crippen molar-refractivity contribution in [2.24, 2.45) is 5.73 Å². The molecule has 2 heterocycles. The van der Waals surface area contributed by atoms with Gasteiger partial charge in [0, 0.05) is 41.7 Å². The van der Waals surface area contributed by atoms with Crippen LogP contribution < -0.4 is 10.2 Å². The van der Waals surface area contributed by atoms with Crippen molar-refractivity contribution in [3.8, 4) is 0 Å². The molecule has 0 aliphatic carbocycles. The molecule has 142 valence electrons. The molecular weight excluding hydrogens is 366 g/mol. The number of aromatic nitrogens is 1. The predicted molar refractivity (Wildman–Crippen MR) is 116 cm³/mol. The van der Waals surface area contributed by atoms with Gasteiger partial charge in [0.2, 0.25) is 0 Å². The number of nitrogens with two attached hydrogens (primary N) is 1. The van der Waals surface area contributed by atoms with Gasteiger partial charge in [-0.25, -0.2) is 0 Å². The van der Waals surface area contributed by atoms with Gasteiger partial charge in [0.05, 0.1) is 12.8 Å². The van der Waals surface area contributed by atoms with Gasteiger partial charge >= 0.3 is 0 Å². The normalized spacial score (nSPS) is 24.2. The van der Waals surface area contributed by atoms with E-state index in [9.17, 15) is 4.79 Å². The van der Waals surface area contributed by atoms with Gasteiger partial charge in [-0.3, -0.25) is 14.3 Å². The van der Waals surface area contributed by atoms with E-state index in [4.69, 9.17) is 5.73 Å². The first kappa shape index (κ1) is 18.9. The SMILES string of the molecule is C[N+]1(c2cccc(C(=O)c3ccccc3)c2)C(CN)CSC1c1cccnc1. The van der Waals surface area contributed by atoms with E-state index < -0.39 is 0 Å². The zero-order chi connectivity index (χ0) is 19.6. The first-order valence-corrected chi connectivity index (χ1v) is 10.5. The Bertz CT molecular complexity index is 964. The first-order valence-electron chi connectivity index (χ1n) is 9.42. The smallest absolute Gasteiger partial charge is 0.193 e. The molecule has 0 radical (unpaired) electrons. The summed E-state index contributed by atoms with van der Waals surface area (Å²) < 4.78 is 0.669. The lowest BCUT2D eigenvalue weighted by atomic mass is 10.0. The first-order chi connectivity index (χ1) is 13.6. The molecule has 1 aromatic heterocycles. The van der Waals surface area contributed by atoms with Crippen LogP contribution >= 0.6 is 11.8 Å². The van der Waals surface area contributed by atoms with E-state index in [1.165, 1.54) is 5.56 Å². The second-order valence-electron chi connectivity index (χ2n) is 7.25. The molecule has 4 rings (SSSR count). The number of hydrogen-bond acceptors (Lipinski definition) is 4. The van der Waals surface area contributed by atoms with Crippen LogP contribution in [0.2, 0.25) is 0 Å². The van der Waals surface area contributed by atoms with Crippen LogP contribution in [0.15, 0.2) is 79.1 Å². The van der Waals surface area contributed by atoms with E-state index >= 15 is 0 Å². The van der Waals surface area contributed by atoms with Gasteiger partial charge in [-0.05, 0) is 18.2 Å². The molecule has 1 fully saturated rings. The highest BCUT2D eigenvalue weighted by molar-refractivity contribution is 7.99. The van der Waals surface area contributed by atoms with Crippen LogP contribution in [0.1, 0.15) is 26.9 Å². The lowest BCUT2D eigenvalue weighted by molar-refractivity contribution is 0.103. The Kier molecular flexibility index (Phi) is 5.31. The Morgan fingerprint density at radius 2 is 1.89 bits per heavy atom.